The third-order valence-electron chi connectivity index (χ3n) is 4.72. The van der Waals surface area contributed by atoms with Crippen molar-refractivity contribution in [3.05, 3.63) is 83.7 Å². The van der Waals surface area contributed by atoms with E-state index < -0.39 is 0 Å². The summed E-state index contributed by atoms with van der Waals surface area (Å²) in [7, 11) is 0. The maximum Gasteiger partial charge on any atom is 0.323 e. The molecule has 0 bridgehead atoms. The van der Waals surface area contributed by atoms with Crippen LogP contribution in [0.3, 0.4) is 0 Å². The van der Waals surface area contributed by atoms with Crippen LogP contribution in [0.15, 0.2) is 66.7 Å². The van der Waals surface area contributed by atoms with E-state index in [1.807, 2.05) is 56.3 Å². The van der Waals surface area contributed by atoms with Gasteiger partial charge in [0.05, 0.1) is 11.4 Å². The molecule has 0 atom stereocenters. The number of anilines is 2. The number of amides is 2. The van der Waals surface area contributed by atoms with Crippen LogP contribution in [-0.2, 0) is 0 Å². The average molecular weight is 373 g/mol. The Morgan fingerprint density at radius 2 is 1.68 bits per heavy atom. The van der Waals surface area contributed by atoms with E-state index in [1.54, 1.807) is 12.1 Å². The van der Waals surface area contributed by atoms with Crippen LogP contribution in [0.2, 0.25) is 0 Å². The summed E-state index contributed by atoms with van der Waals surface area (Å²) < 4.78 is 13.3. The van der Waals surface area contributed by atoms with Gasteiger partial charge in [0.1, 0.15) is 5.82 Å². The number of fused-ring (bicyclic) bond motifs is 1. The number of rotatable bonds is 3. The lowest BCUT2D eigenvalue weighted by Gasteiger charge is -2.12. The molecule has 0 aliphatic heterocycles. The molecule has 0 fully saturated rings. The molecule has 140 valence electrons. The maximum atomic E-state index is 13.3. The lowest BCUT2D eigenvalue weighted by atomic mass is 10.1. The van der Waals surface area contributed by atoms with E-state index in [-0.39, 0.29) is 11.8 Å². The van der Waals surface area contributed by atoms with E-state index in [0.29, 0.717) is 5.69 Å². The van der Waals surface area contributed by atoms with Gasteiger partial charge in [-0.25, -0.2) is 9.18 Å². The predicted molar refractivity (Wildman–Crippen MR) is 112 cm³/mol. The Hall–Kier alpha value is -3.60. The first-order valence-corrected chi connectivity index (χ1v) is 9.03. The van der Waals surface area contributed by atoms with Crippen LogP contribution < -0.4 is 10.6 Å². The molecule has 5 heteroatoms. The van der Waals surface area contributed by atoms with E-state index in [4.69, 9.17) is 0 Å². The standard InChI is InChI=1S/C23H20FN3O/c1-14-7-8-15(2)20(13-14)26-23(28)27-22-18-5-3-4-6-19(18)25-21(22)16-9-11-17(24)12-10-16/h3-13,25H,1-2H3,(H2,26,27,28). The number of nitrogens with one attached hydrogen (secondary N) is 3. The van der Waals surface area contributed by atoms with Crippen molar-refractivity contribution >= 4 is 28.3 Å². The van der Waals surface area contributed by atoms with Crippen molar-refractivity contribution in [3.63, 3.8) is 0 Å². The molecule has 3 aromatic carbocycles. The van der Waals surface area contributed by atoms with Crippen LogP contribution in [-0.4, -0.2) is 11.0 Å². The minimum Gasteiger partial charge on any atom is -0.353 e. The van der Waals surface area contributed by atoms with Crippen molar-refractivity contribution < 1.29 is 9.18 Å². The Kier molecular flexibility index (Phi) is 4.57. The normalized spacial score (nSPS) is 10.8. The number of para-hydroxylation sites is 1. The molecule has 1 aromatic heterocycles. The number of urea groups is 1. The van der Waals surface area contributed by atoms with Crippen LogP contribution in [0, 0.1) is 19.7 Å². The Morgan fingerprint density at radius 3 is 2.46 bits per heavy atom. The van der Waals surface area contributed by atoms with Crippen LogP contribution in [0.25, 0.3) is 22.2 Å². The zero-order valence-corrected chi connectivity index (χ0v) is 15.6. The van der Waals surface area contributed by atoms with Gasteiger partial charge < -0.3 is 15.6 Å². The van der Waals surface area contributed by atoms with Gasteiger partial charge in [0.2, 0.25) is 0 Å². The van der Waals surface area contributed by atoms with Crippen molar-refractivity contribution in [1.29, 1.82) is 0 Å². The molecule has 0 spiro atoms. The Labute approximate surface area is 162 Å². The molecule has 2 amide bonds. The summed E-state index contributed by atoms with van der Waals surface area (Å²) in [5, 5.41) is 6.77. The number of aromatic amines is 1. The lowest BCUT2D eigenvalue weighted by molar-refractivity contribution is 0.262. The summed E-state index contributed by atoms with van der Waals surface area (Å²) in [4.78, 5) is 16.1. The van der Waals surface area contributed by atoms with Crippen LogP contribution in [0.4, 0.5) is 20.6 Å². The predicted octanol–water partition coefficient (Wildman–Crippen LogP) is 6.23. The average Bonchev–Trinajstić information content (AvgIpc) is 3.04. The van der Waals surface area contributed by atoms with Crippen molar-refractivity contribution in [2.75, 3.05) is 10.6 Å². The van der Waals surface area contributed by atoms with Gasteiger partial charge >= 0.3 is 6.03 Å². The Balaban J connectivity index is 1.71. The summed E-state index contributed by atoms with van der Waals surface area (Å²) in [6.45, 7) is 3.93. The molecule has 0 saturated heterocycles. The number of halogens is 1. The first kappa shape index (κ1) is 17.8. The summed E-state index contributed by atoms with van der Waals surface area (Å²) >= 11 is 0. The van der Waals surface area contributed by atoms with Crippen molar-refractivity contribution in [2.45, 2.75) is 13.8 Å². The SMILES string of the molecule is Cc1ccc(C)c(NC(=O)Nc2c(-c3ccc(F)cc3)[nH]c3ccccc23)c1. The molecule has 4 nitrogen and oxygen atoms in total. The second-order valence-electron chi connectivity index (χ2n) is 6.82. The maximum absolute atomic E-state index is 13.3. The topological polar surface area (TPSA) is 56.9 Å². The summed E-state index contributed by atoms with van der Waals surface area (Å²) in [6, 6.07) is 19.5. The van der Waals surface area contributed by atoms with E-state index in [1.165, 1.54) is 12.1 Å². The molecule has 0 aliphatic carbocycles. The van der Waals surface area contributed by atoms with E-state index in [9.17, 15) is 9.18 Å². The number of hydrogen-bond acceptors (Lipinski definition) is 1. The molecule has 4 rings (SSSR count). The fourth-order valence-electron chi connectivity index (χ4n) is 3.24. The number of aryl methyl sites for hydroxylation is 2. The molecule has 28 heavy (non-hydrogen) atoms. The number of aromatic nitrogens is 1. The van der Waals surface area contributed by atoms with Crippen LogP contribution in [0.5, 0.6) is 0 Å². The second kappa shape index (κ2) is 7.19. The van der Waals surface area contributed by atoms with Gasteiger partial charge in [-0.3, -0.25) is 0 Å². The summed E-state index contributed by atoms with van der Waals surface area (Å²) in [6.07, 6.45) is 0. The molecule has 4 aromatic rings. The fourth-order valence-corrected chi connectivity index (χ4v) is 3.24. The highest BCUT2D eigenvalue weighted by Gasteiger charge is 2.16. The van der Waals surface area contributed by atoms with E-state index >= 15 is 0 Å². The minimum absolute atomic E-state index is 0.304. The third-order valence-corrected chi connectivity index (χ3v) is 4.72. The molecule has 0 radical (unpaired) electrons. The highest BCUT2D eigenvalue weighted by atomic mass is 19.1. The first-order chi connectivity index (χ1) is 13.5. The van der Waals surface area contributed by atoms with Gasteiger partial charge in [-0.15, -0.1) is 0 Å². The van der Waals surface area contributed by atoms with Crippen LogP contribution >= 0.6 is 0 Å². The number of carbonyl (C=O) groups is 1. The highest BCUT2D eigenvalue weighted by molar-refractivity contribution is 6.10. The van der Waals surface area contributed by atoms with Crippen molar-refractivity contribution in [3.8, 4) is 11.3 Å². The van der Waals surface area contributed by atoms with Gasteiger partial charge in [0, 0.05) is 22.2 Å². The Morgan fingerprint density at radius 1 is 0.929 bits per heavy atom. The smallest absolute Gasteiger partial charge is 0.323 e. The zero-order chi connectivity index (χ0) is 19.7. The minimum atomic E-state index is -0.332. The van der Waals surface area contributed by atoms with Gasteiger partial charge in [0.15, 0.2) is 0 Å². The van der Waals surface area contributed by atoms with Crippen LogP contribution in [0.1, 0.15) is 11.1 Å². The molecular weight excluding hydrogens is 353 g/mol. The molecular formula is C23H20FN3O. The molecule has 0 aliphatic rings. The number of carbonyl (C=O) groups excluding carboxylic acids is 1. The number of benzene rings is 3. The fraction of sp³-hybridized carbons (Fsp3) is 0.0870. The third kappa shape index (κ3) is 3.47. The molecule has 0 saturated carbocycles. The van der Waals surface area contributed by atoms with Crippen molar-refractivity contribution in [1.82, 2.24) is 4.98 Å². The zero-order valence-electron chi connectivity index (χ0n) is 15.6. The van der Waals surface area contributed by atoms with Gasteiger partial charge in [-0.2, -0.15) is 0 Å². The molecule has 3 N–H and O–H groups in total. The first-order valence-electron chi connectivity index (χ1n) is 9.03. The summed E-state index contributed by atoms with van der Waals surface area (Å²) in [5.74, 6) is -0.304. The Bertz CT molecular complexity index is 1160. The highest BCUT2D eigenvalue weighted by Crippen LogP contribution is 2.35. The second-order valence-corrected chi connectivity index (χ2v) is 6.82. The van der Waals surface area contributed by atoms with Gasteiger partial charge in [-0.1, -0.05) is 30.3 Å². The number of hydrogen-bond donors (Lipinski definition) is 3. The largest absolute Gasteiger partial charge is 0.353 e. The quantitative estimate of drug-likeness (QED) is 0.391. The molecule has 1 heterocycles. The van der Waals surface area contributed by atoms with Crippen molar-refractivity contribution in [2.24, 2.45) is 0 Å². The number of H-pyrrole nitrogens is 1. The van der Waals surface area contributed by atoms with Gasteiger partial charge in [-0.05, 0) is 61.4 Å². The van der Waals surface area contributed by atoms with E-state index in [0.717, 1.165) is 39.0 Å². The van der Waals surface area contributed by atoms with E-state index in [2.05, 4.69) is 15.6 Å². The van der Waals surface area contributed by atoms with Gasteiger partial charge in [0.25, 0.3) is 0 Å². The summed E-state index contributed by atoms with van der Waals surface area (Å²) in [5.41, 5.74) is 5.89. The lowest BCUT2D eigenvalue weighted by Crippen LogP contribution is -2.20. The monoisotopic (exact) mass is 373 g/mol. The molecule has 0 unspecified atom stereocenters.